The number of allylic oxidation sites excluding steroid dienone is 1. The van der Waals surface area contributed by atoms with Gasteiger partial charge in [-0.25, -0.2) is 9.79 Å². The van der Waals surface area contributed by atoms with Crippen molar-refractivity contribution in [3.8, 4) is 5.88 Å². The van der Waals surface area contributed by atoms with E-state index in [4.69, 9.17) is 4.99 Å². The molecule has 0 saturated heterocycles. The molecule has 2 N–H and O–H groups in total. The van der Waals surface area contributed by atoms with Crippen molar-refractivity contribution in [3.63, 3.8) is 0 Å². The molecule has 6 heteroatoms. The van der Waals surface area contributed by atoms with Crippen LogP contribution in [0.15, 0.2) is 69.2 Å². The summed E-state index contributed by atoms with van der Waals surface area (Å²) in [4.78, 5) is 32.0. The minimum atomic E-state index is -0.614. The molecule has 0 saturated carbocycles. The molecule has 6 nitrogen and oxygen atoms in total. The topological polar surface area (TPSA) is 87.4 Å². The Labute approximate surface area is 180 Å². The fourth-order valence-corrected chi connectivity index (χ4v) is 3.82. The summed E-state index contributed by atoms with van der Waals surface area (Å²) in [6.07, 6.45) is 5.47. The third kappa shape index (κ3) is 4.14. The lowest BCUT2D eigenvalue weighted by Gasteiger charge is -2.11. The molecule has 2 heterocycles. The molecule has 0 aliphatic carbocycles. The largest absolute Gasteiger partial charge is 0.494 e. The van der Waals surface area contributed by atoms with Gasteiger partial charge in [-0.2, -0.15) is 0 Å². The molecule has 158 valence electrons. The van der Waals surface area contributed by atoms with Crippen molar-refractivity contribution in [2.24, 2.45) is 4.99 Å². The number of hydrogen-bond acceptors (Lipinski definition) is 4. The molecular weight excluding hydrogens is 390 g/mol. The fourth-order valence-electron chi connectivity index (χ4n) is 3.82. The first-order valence-electron chi connectivity index (χ1n) is 10.6. The van der Waals surface area contributed by atoms with Gasteiger partial charge in [0.1, 0.15) is 5.56 Å². The third-order valence-electron chi connectivity index (χ3n) is 5.46. The summed E-state index contributed by atoms with van der Waals surface area (Å²) in [6.45, 7) is 2.47. The van der Waals surface area contributed by atoms with Crippen molar-refractivity contribution in [1.82, 2.24) is 9.55 Å². The zero-order valence-electron chi connectivity index (χ0n) is 17.5. The average molecular weight is 415 g/mol. The van der Waals surface area contributed by atoms with Crippen molar-refractivity contribution in [1.29, 1.82) is 0 Å². The first kappa shape index (κ1) is 20.6. The number of benzene rings is 2. The number of para-hydroxylation sites is 1. The molecule has 3 aromatic rings. The predicted molar refractivity (Wildman–Crippen MR) is 124 cm³/mol. The number of aliphatic imine (C=N–C) groups is 1. The van der Waals surface area contributed by atoms with Crippen LogP contribution in [-0.2, 0) is 6.54 Å². The molecule has 1 aromatic heterocycles. The van der Waals surface area contributed by atoms with Crippen LogP contribution in [0, 0.1) is 0 Å². The normalized spacial score (nSPS) is 14.0. The zero-order chi connectivity index (χ0) is 21.8. The van der Waals surface area contributed by atoms with E-state index in [2.05, 4.69) is 11.9 Å². The van der Waals surface area contributed by atoms with E-state index in [0.717, 1.165) is 53.8 Å². The maximum atomic E-state index is 12.6. The van der Waals surface area contributed by atoms with Gasteiger partial charge < -0.3 is 5.11 Å². The van der Waals surface area contributed by atoms with Gasteiger partial charge in [-0.15, -0.1) is 0 Å². The number of aromatic nitrogens is 2. The molecular formula is C25H25N3O3. The lowest BCUT2D eigenvalue weighted by Crippen LogP contribution is -2.31. The van der Waals surface area contributed by atoms with Gasteiger partial charge in [-0.05, 0) is 18.6 Å². The van der Waals surface area contributed by atoms with E-state index in [1.54, 1.807) is 6.08 Å². The summed E-state index contributed by atoms with van der Waals surface area (Å²) in [5.41, 5.74) is 2.90. The molecule has 4 rings (SSSR count). The van der Waals surface area contributed by atoms with Gasteiger partial charge in [-0.3, -0.25) is 14.3 Å². The molecule has 0 amide bonds. The molecule has 0 bridgehead atoms. The lowest BCUT2D eigenvalue weighted by molar-refractivity contribution is 0.392. The number of aromatic amines is 1. The van der Waals surface area contributed by atoms with Crippen LogP contribution in [0.4, 0.5) is 5.69 Å². The summed E-state index contributed by atoms with van der Waals surface area (Å²) < 4.78 is 1.24. The van der Waals surface area contributed by atoms with Gasteiger partial charge in [0.15, 0.2) is 0 Å². The van der Waals surface area contributed by atoms with E-state index in [-0.39, 0.29) is 11.4 Å². The standard InChI is InChI=1S/C25H25N3O3/c1-2-3-4-10-15-28-24(30)20(23(29)27-25(28)31)16-19-18-13-8-9-14-21(18)26-22(19)17-11-6-5-7-12-17/h5-9,11-14,16,30H,2-4,10,15H2,1H3,(H,27,29,31)/b19-16+. The summed E-state index contributed by atoms with van der Waals surface area (Å²) in [6, 6.07) is 17.4. The highest BCUT2D eigenvalue weighted by Gasteiger charge is 2.23. The Morgan fingerprint density at radius 3 is 2.52 bits per heavy atom. The van der Waals surface area contributed by atoms with Crippen LogP contribution >= 0.6 is 0 Å². The van der Waals surface area contributed by atoms with E-state index in [9.17, 15) is 14.7 Å². The van der Waals surface area contributed by atoms with Crippen molar-refractivity contribution >= 4 is 23.0 Å². The van der Waals surface area contributed by atoms with E-state index >= 15 is 0 Å². The van der Waals surface area contributed by atoms with E-state index in [1.807, 2.05) is 54.6 Å². The predicted octanol–water partition coefficient (Wildman–Crippen LogP) is 4.50. The third-order valence-corrected chi connectivity index (χ3v) is 5.46. The van der Waals surface area contributed by atoms with Crippen molar-refractivity contribution in [2.45, 2.75) is 39.2 Å². The van der Waals surface area contributed by atoms with Gasteiger partial charge in [0, 0.05) is 23.2 Å². The monoisotopic (exact) mass is 415 g/mol. The Morgan fingerprint density at radius 2 is 1.74 bits per heavy atom. The summed E-state index contributed by atoms with van der Waals surface area (Å²) in [5, 5.41) is 10.8. The van der Waals surface area contributed by atoms with Crippen molar-refractivity contribution in [3.05, 3.63) is 92.1 Å². The number of aromatic hydroxyl groups is 1. The molecule has 31 heavy (non-hydrogen) atoms. The van der Waals surface area contributed by atoms with Crippen LogP contribution in [0.3, 0.4) is 0 Å². The number of nitrogens with one attached hydrogen (secondary N) is 1. The molecule has 0 fully saturated rings. The number of H-pyrrole nitrogens is 1. The van der Waals surface area contributed by atoms with Gasteiger partial charge in [0.2, 0.25) is 5.88 Å². The van der Waals surface area contributed by atoms with Crippen molar-refractivity contribution in [2.75, 3.05) is 0 Å². The highest BCUT2D eigenvalue weighted by atomic mass is 16.3. The van der Waals surface area contributed by atoms with Crippen LogP contribution in [0.1, 0.15) is 49.3 Å². The molecule has 0 spiro atoms. The molecule has 0 unspecified atom stereocenters. The number of unbranched alkanes of at least 4 members (excludes halogenated alkanes) is 3. The second-order valence-corrected chi connectivity index (χ2v) is 7.61. The Hall–Kier alpha value is -3.67. The molecule has 1 aliphatic heterocycles. The molecule has 0 atom stereocenters. The van der Waals surface area contributed by atoms with Crippen molar-refractivity contribution < 1.29 is 5.11 Å². The minimum absolute atomic E-state index is 0.0606. The van der Waals surface area contributed by atoms with Crippen LogP contribution in [0.25, 0.3) is 11.6 Å². The Bertz CT molecular complexity index is 1270. The highest BCUT2D eigenvalue weighted by Crippen LogP contribution is 2.38. The Kier molecular flexibility index (Phi) is 5.98. The van der Waals surface area contributed by atoms with Gasteiger partial charge >= 0.3 is 5.69 Å². The first-order valence-corrected chi connectivity index (χ1v) is 10.6. The first-order chi connectivity index (χ1) is 15.1. The summed E-state index contributed by atoms with van der Waals surface area (Å²) >= 11 is 0. The molecule has 2 aromatic carbocycles. The maximum absolute atomic E-state index is 12.6. The lowest BCUT2D eigenvalue weighted by atomic mass is 9.96. The summed E-state index contributed by atoms with van der Waals surface area (Å²) in [5.74, 6) is -0.311. The Balaban J connectivity index is 1.82. The quantitative estimate of drug-likeness (QED) is 0.557. The van der Waals surface area contributed by atoms with Gasteiger partial charge in [0.05, 0.1) is 11.4 Å². The Morgan fingerprint density at radius 1 is 1.00 bits per heavy atom. The van der Waals surface area contributed by atoms with Crippen LogP contribution in [-0.4, -0.2) is 20.4 Å². The van der Waals surface area contributed by atoms with Crippen LogP contribution < -0.4 is 11.2 Å². The number of fused-ring (bicyclic) bond motifs is 1. The van der Waals surface area contributed by atoms with E-state index in [1.165, 1.54) is 4.57 Å². The average Bonchev–Trinajstić information content (AvgIpc) is 3.15. The van der Waals surface area contributed by atoms with Crippen LogP contribution in [0.2, 0.25) is 0 Å². The molecule has 0 radical (unpaired) electrons. The number of rotatable bonds is 7. The SMILES string of the molecule is CCCCCCn1c(O)c(/C=C2/C(c3ccccc3)=Nc3ccccc32)c(=O)[nH]c1=O. The van der Waals surface area contributed by atoms with E-state index in [0.29, 0.717) is 6.54 Å². The highest BCUT2D eigenvalue weighted by molar-refractivity contribution is 6.39. The smallest absolute Gasteiger partial charge is 0.331 e. The van der Waals surface area contributed by atoms with E-state index < -0.39 is 11.2 Å². The zero-order valence-corrected chi connectivity index (χ0v) is 17.5. The minimum Gasteiger partial charge on any atom is -0.494 e. The summed E-state index contributed by atoms with van der Waals surface area (Å²) in [7, 11) is 0. The second-order valence-electron chi connectivity index (χ2n) is 7.61. The second kappa shape index (κ2) is 9.00. The number of hydrogen-bond donors (Lipinski definition) is 2. The number of nitrogens with zero attached hydrogens (tertiary/aromatic N) is 2. The maximum Gasteiger partial charge on any atom is 0.331 e. The van der Waals surface area contributed by atoms with Crippen LogP contribution in [0.5, 0.6) is 5.88 Å². The van der Waals surface area contributed by atoms with Gasteiger partial charge in [0.25, 0.3) is 5.56 Å². The van der Waals surface area contributed by atoms with Gasteiger partial charge in [-0.1, -0.05) is 74.7 Å². The fraction of sp³-hybridized carbons (Fsp3) is 0.240. The molecule has 1 aliphatic rings.